The molecule has 20 heavy (non-hydrogen) atoms. The lowest BCUT2D eigenvalue weighted by Crippen LogP contribution is -2.56. The van der Waals surface area contributed by atoms with Crippen molar-refractivity contribution in [2.75, 3.05) is 6.54 Å². The topological polar surface area (TPSA) is 41.1 Å². The lowest BCUT2D eigenvalue weighted by atomic mass is 9.90. The molecule has 0 radical (unpaired) electrons. The van der Waals surface area contributed by atoms with Crippen molar-refractivity contribution in [2.24, 2.45) is 0 Å². The van der Waals surface area contributed by atoms with E-state index >= 15 is 0 Å². The van der Waals surface area contributed by atoms with Gasteiger partial charge in [0.1, 0.15) is 0 Å². The molecule has 0 aliphatic carbocycles. The maximum atomic E-state index is 12.3. The van der Waals surface area contributed by atoms with Gasteiger partial charge in [-0.25, -0.2) is 0 Å². The molecule has 0 bridgehead atoms. The van der Waals surface area contributed by atoms with E-state index in [0.29, 0.717) is 6.54 Å². The lowest BCUT2D eigenvalue weighted by Gasteiger charge is -2.33. The number of carbonyl (C=O) groups is 1. The second kappa shape index (κ2) is 7.65. The van der Waals surface area contributed by atoms with E-state index in [1.165, 1.54) is 17.5 Å². The van der Waals surface area contributed by atoms with Gasteiger partial charge in [0.05, 0.1) is 5.54 Å². The fraction of sp³-hybridized carbons (Fsp3) is 0.562. The Morgan fingerprint density at radius 1 is 1.30 bits per heavy atom. The molecule has 3 nitrogen and oxygen atoms in total. The standard InChI is InChI=1S/C16H24N2O.ClH/c1-3-13-8-4-5-9-14(13)12-17-15(19)16(2)10-6-7-11-18-16;/h4-5,8-9,18H,3,6-7,10-12H2,1-2H3,(H,17,19);1H. The summed E-state index contributed by atoms with van der Waals surface area (Å²) >= 11 is 0. The smallest absolute Gasteiger partial charge is 0.240 e. The highest BCUT2D eigenvalue weighted by Gasteiger charge is 2.33. The highest BCUT2D eigenvalue weighted by molar-refractivity contribution is 5.86. The van der Waals surface area contributed by atoms with Crippen molar-refractivity contribution < 1.29 is 4.79 Å². The largest absolute Gasteiger partial charge is 0.350 e. The van der Waals surface area contributed by atoms with E-state index < -0.39 is 0 Å². The molecule has 1 heterocycles. The van der Waals surface area contributed by atoms with E-state index in [1.54, 1.807) is 0 Å². The first-order chi connectivity index (χ1) is 9.15. The highest BCUT2D eigenvalue weighted by Crippen LogP contribution is 2.19. The molecule has 0 aromatic heterocycles. The van der Waals surface area contributed by atoms with Crippen LogP contribution in [0.5, 0.6) is 0 Å². The van der Waals surface area contributed by atoms with E-state index in [0.717, 1.165) is 25.8 Å². The Bertz CT molecular complexity index is 442. The van der Waals surface area contributed by atoms with Crippen molar-refractivity contribution in [3.05, 3.63) is 35.4 Å². The van der Waals surface area contributed by atoms with E-state index in [-0.39, 0.29) is 23.9 Å². The third kappa shape index (κ3) is 3.97. The molecule has 1 unspecified atom stereocenters. The summed E-state index contributed by atoms with van der Waals surface area (Å²) in [5.41, 5.74) is 2.14. The fourth-order valence-corrected chi connectivity index (χ4v) is 2.70. The second-order valence-corrected chi connectivity index (χ2v) is 5.52. The first-order valence-corrected chi connectivity index (χ1v) is 7.26. The minimum absolute atomic E-state index is 0. The molecule has 112 valence electrons. The minimum Gasteiger partial charge on any atom is -0.350 e. The highest BCUT2D eigenvalue weighted by atomic mass is 35.5. The third-order valence-electron chi connectivity index (χ3n) is 4.06. The Labute approximate surface area is 127 Å². The number of rotatable bonds is 4. The number of benzene rings is 1. The van der Waals surface area contributed by atoms with Crippen molar-refractivity contribution in [2.45, 2.75) is 51.6 Å². The van der Waals surface area contributed by atoms with Gasteiger partial charge in [-0.3, -0.25) is 4.79 Å². The van der Waals surface area contributed by atoms with Gasteiger partial charge in [0, 0.05) is 6.54 Å². The van der Waals surface area contributed by atoms with Gasteiger partial charge < -0.3 is 10.6 Å². The predicted molar refractivity (Wildman–Crippen MR) is 85.2 cm³/mol. The van der Waals surface area contributed by atoms with Crippen LogP contribution >= 0.6 is 12.4 Å². The van der Waals surface area contributed by atoms with Crippen LogP contribution in [0.15, 0.2) is 24.3 Å². The zero-order valence-corrected chi connectivity index (χ0v) is 13.2. The molecule has 1 aromatic carbocycles. The second-order valence-electron chi connectivity index (χ2n) is 5.52. The van der Waals surface area contributed by atoms with Crippen molar-refractivity contribution in [1.82, 2.24) is 10.6 Å². The van der Waals surface area contributed by atoms with Gasteiger partial charge in [0.2, 0.25) is 5.91 Å². The Balaban J connectivity index is 0.00000200. The molecule has 4 heteroatoms. The van der Waals surface area contributed by atoms with Gasteiger partial charge in [-0.2, -0.15) is 0 Å². The molecular formula is C16H25ClN2O. The summed E-state index contributed by atoms with van der Waals surface area (Å²) < 4.78 is 0. The van der Waals surface area contributed by atoms with E-state index in [4.69, 9.17) is 0 Å². The van der Waals surface area contributed by atoms with Crippen LogP contribution in [0.4, 0.5) is 0 Å². The van der Waals surface area contributed by atoms with Crippen LogP contribution in [0, 0.1) is 0 Å². The van der Waals surface area contributed by atoms with Crippen LogP contribution < -0.4 is 10.6 Å². The van der Waals surface area contributed by atoms with Crippen LogP contribution in [-0.4, -0.2) is 18.0 Å². The van der Waals surface area contributed by atoms with Gasteiger partial charge in [0.15, 0.2) is 0 Å². The lowest BCUT2D eigenvalue weighted by molar-refractivity contribution is -0.128. The monoisotopic (exact) mass is 296 g/mol. The van der Waals surface area contributed by atoms with Crippen LogP contribution in [0.2, 0.25) is 0 Å². The number of amides is 1. The van der Waals surface area contributed by atoms with Crippen LogP contribution in [0.1, 0.15) is 44.2 Å². The molecule has 0 saturated carbocycles. The van der Waals surface area contributed by atoms with Crippen molar-refractivity contribution in [3.8, 4) is 0 Å². The van der Waals surface area contributed by atoms with Gasteiger partial charge >= 0.3 is 0 Å². The average Bonchev–Trinajstić information content (AvgIpc) is 2.45. The van der Waals surface area contributed by atoms with Gasteiger partial charge in [0.25, 0.3) is 0 Å². The van der Waals surface area contributed by atoms with Gasteiger partial charge in [-0.1, -0.05) is 31.2 Å². The zero-order chi connectivity index (χ0) is 13.7. The normalized spacial score (nSPS) is 21.9. The molecule has 1 amide bonds. The molecule has 1 saturated heterocycles. The van der Waals surface area contributed by atoms with E-state index in [2.05, 4.69) is 29.7 Å². The number of aryl methyl sites for hydroxylation is 1. The Hall–Kier alpha value is -1.06. The van der Waals surface area contributed by atoms with Crippen molar-refractivity contribution >= 4 is 18.3 Å². The Morgan fingerprint density at radius 2 is 2.00 bits per heavy atom. The summed E-state index contributed by atoms with van der Waals surface area (Å²) in [7, 11) is 0. The number of halogens is 1. The van der Waals surface area contributed by atoms with Crippen molar-refractivity contribution in [1.29, 1.82) is 0 Å². The maximum Gasteiger partial charge on any atom is 0.240 e. The SMILES string of the molecule is CCc1ccccc1CNC(=O)C1(C)CCCCN1.Cl. The number of nitrogens with one attached hydrogen (secondary N) is 2. The van der Waals surface area contributed by atoms with Crippen LogP contribution in [-0.2, 0) is 17.8 Å². The summed E-state index contributed by atoms with van der Waals surface area (Å²) in [4.78, 5) is 12.3. The summed E-state index contributed by atoms with van der Waals surface area (Å²) in [6.45, 7) is 5.72. The summed E-state index contributed by atoms with van der Waals surface area (Å²) in [6.07, 6.45) is 4.22. The predicted octanol–water partition coefficient (Wildman–Crippen LogP) is 2.82. The molecule has 2 N–H and O–H groups in total. The van der Waals surface area contributed by atoms with Gasteiger partial charge in [-0.05, 0) is 50.3 Å². The fourth-order valence-electron chi connectivity index (χ4n) is 2.70. The number of carbonyl (C=O) groups excluding carboxylic acids is 1. The summed E-state index contributed by atoms with van der Waals surface area (Å²) in [5.74, 6) is 0.123. The molecule has 1 aromatic rings. The number of hydrogen-bond acceptors (Lipinski definition) is 2. The van der Waals surface area contributed by atoms with Crippen molar-refractivity contribution in [3.63, 3.8) is 0 Å². The van der Waals surface area contributed by atoms with E-state index in [9.17, 15) is 4.79 Å². The van der Waals surface area contributed by atoms with E-state index in [1.807, 2.05) is 19.1 Å². The quantitative estimate of drug-likeness (QED) is 0.897. The first-order valence-electron chi connectivity index (χ1n) is 7.26. The Morgan fingerprint density at radius 3 is 2.60 bits per heavy atom. The summed E-state index contributed by atoms with van der Waals surface area (Å²) in [5, 5.41) is 6.43. The minimum atomic E-state index is -0.389. The third-order valence-corrected chi connectivity index (χ3v) is 4.06. The molecule has 2 rings (SSSR count). The zero-order valence-electron chi connectivity index (χ0n) is 12.4. The maximum absolute atomic E-state index is 12.3. The molecule has 1 atom stereocenters. The van der Waals surface area contributed by atoms with Crippen LogP contribution in [0.3, 0.4) is 0 Å². The molecule has 0 spiro atoms. The first kappa shape index (κ1) is 17.0. The summed E-state index contributed by atoms with van der Waals surface area (Å²) in [6, 6.07) is 8.30. The number of piperidine rings is 1. The van der Waals surface area contributed by atoms with Crippen LogP contribution in [0.25, 0.3) is 0 Å². The average molecular weight is 297 g/mol. The Kier molecular flexibility index (Phi) is 6.50. The molecule has 1 fully saturated rings. The molecule has 1 aliphatic heterocycles. The molecule has 1 aliphatic rings. The molecular weight excluding hydrogens is 272 g/mol. The van der Waals surface area contributed by atoms with Gasteiger partial charge in [-0.15, -0.1) is 12.4 Å². The number of hydrogen-bond donors (Lipinski definition) is 2.